The Morgan fingerprint density at radius 3 is 2.94 bits per heavy atom. The number of cyclic esters (lactones) is 2. The van der Waals surface area contributed by atoms with Crippen LogP contribution < -0.4 is 0 Å². The molecule has 0 amide bonds. The number of hydrogen-bond acceptors (Lipinski definition) is 6. The third-order valence-corrected chi connectivity index (χ3v) is 2.65. The summed E-state index contributed by atoms with van der Waals surface area (Å²) in [6.07, 6.45) is 3.32. The van der Waals surface area contributed by atoms with Crippen LogP contribution in [0.5, 0.6) is 0 Å². The summed E-state index contributed by atoms with van der Waals surface area (Å²) >= 11 is 0. The highest BCUT2D eigenvalue weighted by Gasteiger charge is 2.50. The van der Waals surface area contributed by atoms with Crippen molar-refractivity contribution >= 4 is 24.1 Å². The summed E-state index contributed by atoms with van der Waals surface area (Å²) in [4.78, 5) is 33.6. The number of allylic oxidation sites excluding steroid dienone is 1. The summed E-state index contributed by atoms with van der Waals surface area (Å²) in [6.45, 7) is 0. The lowest BCUT2D eigenvalue weighted by Crippen LogP contribution is -2.35. The molecule has 1 aliphatic heterocycles. The number of hydrogen-bond donors (Lipinski definition) is 1. The molecule has 1 aliphatic carbocycles. The second kappa shape index (κ2) is 3.88. The van der Waals surface area contributed by atoms with E-state index >= 15 is 0 Å². The van der Waals surface area contributed by atoms with E-state index in [0.29, 0.717) is 12.6 Å². The molecule has 0 saturated carbocycles. The van der Waals surface area contributed by atoms with E-state index in [0.717, 1.165) is 0 Å². The molecule has 1 N–H and O–H groups in total. The van der Waals surface area contributed by atoms with E-state index in [4.69, 9.17) is 10.1 Å². The van der Waals surface area contributed by atoms with Crippen molar-refractivity contribution in [1.82, 2.24) is 0 Å². The quantitative estimate of drug-likeness (QED) is 0.303. The van der Waals surface area contributed by atoms with Gasteiger partial charge in [-0.05, 0) is 12.5 Å². The molecule has 0 aromatic rings. The second-order valence-electron chi connectivity index (χ2n) is 3.58. The lowest BCUT2D eigenvalue weighted by molar-refractivity contribution is -0.154. The van der Waals surface area contributed by atoms with Crippen LogP contribution in [0.15, 0.2) is 12.2 Å². The molecule has 6 heteroatoms. The third kappa shape index (κ3) is 1.62. The monoisotopic (exact) mass is 223 g/mol. The minimum Gasteiger partial charge on any atom is -0.453 e. The molecule has 1 fully saturated rings. The van der Waals surface area contributed by atoms with Crippen molar-refractivity contribution in [3.8, 4) is 0 Å². The summed E-state index contributed by atoms with van der Waals surface area (Å²) in [7, 11) is 0. The van der Waals surface area contributed by atoms with E-state index in [2.05, 4.69) is 4.74 Å². The summed E-state index contributed by atoms with van der Waals surface area (Å²) in [5.41, 5.74) is 0. The maximum absolute atomic E-state index is 11.4. The van der Waals surface area contributed by atoms with E-state index in [-0.39, 0.29) is 0 Å². The van der Waals surface area contributed by atoms with Crippen LogP contribution in [-0.2, 0) is 23.9 Å². The van der Waals surface area contributed by atoms with Gasteiger partial charge in [0.25, 0.3) is 0 Å². The molecule has 0 radical (unpaired) electrons. The van der Waals surface area contributed by atoms with Crippen LogP contribution >= 0.6 is 0 Å². The van der Waals surface area contributed by atoms with Gasteiger partial charge in [0.05, 0.1) is 5.92 Å². The van der Waals surface area contributed by atoms with Crippen LogP contribution in [0.3, 0.4) is 0 Å². The molecule has 2 rings (SSSR count). The summed E-state index contributed by atoms with van der Waals surface area (Å²) in [6, 6.07) is 0. The Morgan fingerprint density at radius 2 is 2.25 bits per heavy atom. The summed E-state index contributed by atoms with van der Waals surface area (Å²) < 4.78 is 9.34. The Hall–Kier alpha value is -1.98. The number of rotatable bonds is 2. The van der Waals surface area contributed by atoms with Gasteiger partial charge in [0.2, 0.25) is 0 Å². The van der Waals surface area contributed by atoms with Crippen molar-refractivity contribution in [2.45, 2.75) is 12.5 Å². The fraction of sp³-hybridized carbons (Fsp3) is 0.400. The highest BCUT2D eigenvalue weighted by Crippen LogP contribution is 2.34. The number of esters is 3. The van der Waals surface area contributed by atoms with Crippen molar-refractivity contribution in [2.24, 2.45) is 11.8 Å². The smallest absolute Gasteiger partial charge is 0.349 e. The Balaban J connectivity index is 2.19. The Labute approximate surface area is 90.7 Å². The fourth-order valence-corrected chi connectivity index (χ4v) is 1.92. The highest BCUT2D eigenvalue weighted by atomic mass is 16.6. The van der Waals surface area contributed by atoms with Crippen molar-refractivity contribution in [2.75, 3.05) is 0 Å². The fourth-order valence-electron chi connectivity index (χ4n) is 1.92. The molecule has 0 aromatic heterocycles. The van der Waals surface area contributed by atoms with Crippen LogP contribution in [-0.4, -0.2) is 30.2 Å². The van der Waals surface area contributed by atoms with E-state index in [1.165, 1.54) is 0 Å². The van der Waals surface area contributed by atoms with Gasteiger partial charge in [-0.2, -0.15) is 0 Å². The third-order valence-electron chi connectivity index (χ3n) is 2.65. The van der Waals surface area contributed by atoms with Crippen LogP contribution in [0.1, 0.15) is 6.42 Å². The van der Waals surface area contributed by atoms with Crippen LogP contribution in [0.25, 0.3) is 0 Å². The molecule has 1 heterocycles. The molecule has 2 aliphatic rings. The average Bonchev–Trinajstić information content (AvgIpc) is 2.56. The van der Waals surface area contributed by atoms with Crippen molar-refractivity contribution < 1.29 is 23.9 Å². The largest absolute Gasteiger partial charge is 0.453 e. The van der Waals surface area contributed by atoms with Gasteiger partial charge >= 0.3 is 17.9 Å². The lowest BCUT2D eigenvalue weighted by atomic mass is 9.83. The van der Waals surface area contributed by atoms with Gasteiger partial charge in [-0.15, -0.1) is 0 Å². The van der Waals surface area contributed by atoms with Gasteiger partial charge in [-0.3, -0.25) is 9.59 Å². The molecule has 16 heavy (non-hydrogen) atoms. The van der Waals surface area contributed by atoms with Crippen molar-refractivity contribution in [3.05, 3.63) is 12.2 Å². The standard InChI is InChI=1S/C10H9NO5/c11-4-7(12)15-6-3-1-2-5-8(6)10(14)16-9(5)13/h1,3-6,8,11H,2H2. The SMILES string of the molecule is N=CC(=O)OC1C=CCC2C(=O)OC(=O)C12. The first-order chi connectivity index (χ1) is 7.63. The van der Waals surface area contributed by atoms with E-state index in [1.807, 2.05) is 0 Å². The van der Waals surface area contributed by atoms with Gasteiger partial charge < -0.3 is 14.9 Å². The van der Waals surface area contributed by atoms with Crippen molar-refractivity contribution in [3.63, 3.8) is 0 Å². The average molecular weight is 223 g/mol. The van der Waals surface area contributed by atoms with Crippen LogP contribution in [0.4, 0.5) is 0 Å². The zero-order valence-corrected chi connectivity index (χ0v) is 8.21. The molecule has 3 unspecified atom stereocenters. The predicted octanol–water partition coefficient (Wildman–Crippen LogP) is -0.177. The van der Waals surface area contributed by atoms with Gasteiger partial charge in [0.1, 0.15) is 18.2 Å². The second-order valence-corrected chi connectivity index (χ2v) is 3.58. The van der Waals surface area contributed by atoms with Crippen LogP contribution in [0.2, 0.25) is 0 Å². The topological polar surface area (TPSA) is 93.5 Å². The zero-order valence-electron chi connectivity index (χ0n) is 8.21. The maximum atomic E-state index is 11.4. The summed E-state index contributed by atoms with van der Waals surface area (Å²) in [5, 5.41) is 6.70. The summed E-state index contributed by atoms with van der Waals surface area (Å²) in [5.74, 6) is -3.41. The number of carbonyl (C=O) groups excluding carboxylic acids is 3. The minimum absolute atomic E-state index is 0.411. The van der Waals surface area contributed by atoms with E-state index in [1.54, 1.807) is 12.2 Å². The lowest BCUT2D eigenvalue weighted by Gasteiger charge is -2.23. The molecule has 0 aromatic carbocycles. The molecule has 1 saturated heterocycles. The van der Waals surface area contributed by atoms with Gasteiger partial charge in [0.15, 0.2) is 0 Å². The van der Waals surface area contributed by atoms with E-state index in [9.17, 15) is 14.4 Å². The number of nitrogens with one attached hydrogen (secondary N) is 1. The molecule has 84 valence electrons. The Bertz CT molecular complexity index is 400. The Morgan fingerprint density at radius 1 is 1.50 bits per heavy atom. The molecular formula is C10H9NO5. The Kier molecular flexibility index (Phi) is 2.55. The molecule has 6 nitrogen and oxygen atoms in total. The highest BCUT2D eigenvalue weighted by molar-refractivity contribution is 6.21. The van der Waals surface area contributed by atoms with E-state index < -0.39 is 35.8 Å². The molecule has 0 bridgehead atoms. The van der Waals surface area contributed by atoms with Gasteiger partial charge in [-0.25, -0.2) is 4.79 Å². The normalized spacial score (nSPS) is 31.9. The van der Waals surface area contributed by atoms with Crippen LogP contribution in [0, 0.1) is 17.2 Å². The first kappa shape index (κ1) is 10.5. The zero-order chi connectivity index (χ0) is 11.7. The number of fused-ring (bicyclic) bond motifs is 1. The van der Waals surface area contributed by atoms with Gasteiger partial charge in [0, 0.05) is 0 Å². The minimum atomic E-state index is -0.845. The predicted molar refractivity (Wildman–Crippen MR) is 50.5 cm³/mol. The van der Waals surface area contributed by atoms with Crippen molar-refractivity contribution in [1.29, 1.82) is 5.41 Å². The molecular weight excluding hydrogens is 214 g/mol. The number of ether oxygens (including phenoxy) is 2. The van der Waals surface area contributed by atoms with Gasteiger partial charge in [-0.1, -0.05) is 6.08 Å². The first-order valence-electron chi connectivity index (χ1n) is 4.76. The maximum Gasteiger partial charge on any atom is 0.349 e. The number of carbonyl (C=O) groups is 3. The molecule has 3 atom stereocenters. The molecule has 0 spiro atoms. The first-order valence-corrected chi connectivity index (χ1v) is 4.76.